The van der Waals surface area contributed by atoms with Crippen LogP contribution < -0.4 is 4.74 Å². The molecule has 3 heterocycles. The first-order valence-electron chi connectivity index (χ1n) is 11.2. The van der Waals surface area contributed by atoms with E-state index in [-0.39, 0.29) is 11.2 Å². The molecule has 32 heavy (non-hydrogen) atoms. The highest BCUT2D eigenvalue weighted by Crippen LogP contribution is 2.31. The van der Waals surface area contributed by atoms with Crippen LogP contribution in [0.25, 0.3) is 17.1 Å². The largest absolute Gasteiger partial charge is 0.494 e. The maximum Gasteiger partial charge on any atom is 0.235 e. The number of aromatic nitrogens is 4. The fraction of sp³-hybridized carbons (Fsp3) is 0.417. The highest BCUT2D eigenvalue weighted by molar-refractivity contribution is 8.00. The van der Waals surface area contributed by atoms with Gasteiger partial charge in [0.15, 0.2) is 11.0 Å². The van der Waals surface area contributed by atoms with Crippen LogP contribution >= 0.6 is 11.8 Å². The summed E-state index contributed by atoms with van der Waals surface area (Å²) in [6, 6.07) is 11.7. The Bertz CT molecular complexity index is 1010. The van der Waals surface area contributed by atoms with E-state index in [9.17, 15) is 4.79 Å². The number of carbonyl (C=O) groups is 1. The Hall–Kier alpha value is -2.87. The van der Waals surface area contributed by atoms with E-state index >= 15 is 0 Å². The van der Waals surface area contributed by atoms with Crippen LogP contribution in [0, 0.1) is 0 Å². The summed E-state index contributed by atoms with van der Waals surface area (Å²) < 4.78 is 7.59. The molecular formula is C24H29N5O2S. The van der Waals surface area contributed by atoms with Crippen molar-refractivity contribution in [1.29, 1.82) is 0 Å². The van der Waals surface area contributed by atoms with Gasteiger partial charge in [-0.3, -0.25) is 14.3 Å². The molecule has 1 fully saturated rings. The molecule has 0 bridgehead atoms. The van der Waals surface area contributed by atoms with Gasteiger partial charge >= 0.3 is 0 Å². The second-order valence-electron chi connectivity index (χ2n) is 7.80. The van der Waals surface area contributed by atoms with Gasteiger partial charge in [0, 0.05) is 36.7 Å². The van der Waals surface area contributed by atoms with Gasteiger partial charge in [0.2, 0.25) is 5.91 Å². The number of thioether (sulfide) groups is 1. The summed E-state index contributed by atoms with van der Waals surface area (Å²) in [7, 11) is 0. The molecule has 1 atom stereocenters. The lowest BCUT2D eigenvalue weighted by atomic mass is 10.2. The van der Waals surface area contributed by atoms with Gasteiger partial charge in [-0.15, -0.1) is 10.2 Å². The van der Waals surface area contributed by atoms with Crippen LogP contribution in [-0.2, 0) is 4.79 Å². The minimum atomic E-state index is -0.246. The minimum absolute atomic E-state index is 0.170. The van der Waals surface area contributed by atoms with Crippen molar-refractivity contribution >= 4 is 17.7 Å². The van der Waals surface area contributed by atoms with Crippen molar-refractivity contribution in [3.8, 4) is 22.8 Å². The molecular weight excluding hydrogens is 422 g/mol. The minimum Gasteiger partial charge on any atom is -0.494 e. The Morgan fingerprint density at radius 2 is 1.72 bits per heavy atom. The molecule has 1 aliphatic heterocycles. The zero-order valence-corrected chi connectivity index (χ0v) is 19.4. The average Bonchev–Trinajstić information content (AvgIpc) is 3.04. The van der Waals surface area contributed by atoms with Crippen LogP contribution in [0.5, 0.6) is 5.75 Å². The molecule has 3 aromatic rings. The second kappa shape index (κ2) is 10.6. The average molecular weight is 452 g/mol. The number of rotatable bonds is 7. The van der Waals surface area contributed by atoms with Gasteiger partial charge in [-0.25, -0.2) is 0 Å². The molecule has 1 aliphatic rings. The number of likely N-dealkylation sites (tertiary alicyclic amines) is 1. The predicted molar refractivity (Wildman–Crippen MR) is 126 cm³/mol. The Labute approximate surface area is 193 Å². The summed E-state index contributed by atoms with van der Waals surface area (Å²) in [6.45, 7) is 6.23. The van der Waals surface area contributed by atoms with Crippen molar-refractivity contribution < 1.29 is 9.53 Å². The van der Waals surface area contributed by atoms with Crippen LogP contribution in [0.2, 0.25) is 0 Å². The van der Waals surface area contributed by atoms with Gasteiger partial charge < -0.3 is 9.64 Å². The molecule has 2 aromatic heterocycles. The third kappa shape index (κ3) is 5.12. The van der Waals surface area contributed by atoms with Crippen LogP contribution in [0.1, 0.15) is 39.5 Å². The molecule has 1 saturated heterocycles. The Balaban J connectivity index is 1.64. The van der Waals surface area contributed by atoms with Crippen LogP contribution in [-0.4, -0.2) is 55.5 Å². The highest BCUT2D eigenvalue weighted by atomic mass is 32.2. The fourth-order valence-electron chi connectivity index (χ4n) is 3.88. The second-order valence-corrected chi connectivity index (χ2v) is 9.11. The number of benzene rings is 1. The first kappa shape index (κ1) is 22.3. The summed E-state index contributed by atoms with van der Waals surface area (Å²) in [5, 5.41) is 9.38. The van der Waals surface area contributed by atoms with Gasteiger partial charge in [0.05, 0.1) is 11.9 Å². The molecule has 7 nitrogen and oxygen atoms in total. The van der Waals surface area contributed by atoms with E-state index in [4.69, 9.17) is 4.74 Å². The summed E-state index contributed by atoms with van der Waals surface area (Å²) in [4.78, 5) is 19.2. The summed E-state index contributed by atoms with van der Waals surface area (Å²) in [5.41, 5.74) is 1.84. The molecule has 0 radical (unpaired) electrons. The Kier molecular flexibility index (Phi) is 7.42. The monoisotopic (exact) mass is 451 g/mol. The summed E-state index contributed by atoms with van der Waals surface area (Å²) >= 11 is 1.45. The van der Waals surface area contributed by atoms with Crippen LogP contribution in [0.15, 0.2) is 53.9 Å². The molecule has 168 valence electrons. The van der Waals surface area contributed by atoms with Crippen molar-refractivity contribution in [2.45, 2.75) is 49.9 Å². The normalized spacial score (nSPS) is 15.2. The quantitative estimate of drug-likeness (QED) is 0.489. The van der Waals surface area contributed by atoms with E-state index in [1.807, 2.05) is 59.7 Å². The van der Waals surface area contributed by atoms with Crippen molar-refractivity contribution in [3.05, 3.63) is 48.8 Å². The van der Waals surface area contributed by atoms with Gasteiger partial charge in [0.25, 0.3) is 0 Å². The van der Waals surface area contributed by atoms with Gasteiger partial charge in [-0.2, -0.15) is 0 Å². The third-order valence-corrected chi connectivity index (χ3v) is 6.56. The molecule has 1 amide bonds. The molecule has 8 heteroatoms. The lowest BCUT2D eigenvalue weighted by molar-refractivity contribution is -0.130. The van der Waals surface area contributed by atoms with E-state index in [1.54, 1.807) is 12.4 Å². The third-order valence-electron chi connectivity index (χ3n) is 5.53. The first-order valence-corrected chi connectivity index (χ1v) is 12.1. The highest BCUT2D eigenvalue weighted by Gasteiger charge is 2.26. The van der Waals surface area contributed by atoms with E-state index < -0.39 is 0 Å². The molecule has 4 rings (SSSR count). The Morgan fingerprint density at radius 1 is 1.03 bits per heavy atom. The zero-order valence-electron chi connectivity index (χ0n) is 18.6. The summed E-state index contributed by atoms with van der Waals surface area (Å²) in [5.74, 6) is 1.70. The number of ether oxygens (including phenoxy) is 1. The number of carbonyl (C=O) groups excluding carboxylic acids is 1. The molecule has 1 unspecified atom stereocenters. The molecule has 0 saturated carbocycles. The lowest BCUT2D eigenvalue weighted by Gasteiger charge is -2.23. The van der Waals surface area contributed by atoms with E-state index in [2.05, 4.69) is 15.2 Å². The topological polar surface area (TPSA) is 73.1 Å². The predicted octanol–water partition coefficient (Wildman–Crippen LogP) is 4.61. The maximum atomic E-state index is 13.1. The van der Waals surface area contributed by atoms with Gasteiger partial charge in [0.1, 0.15) is 5.75 Å². The molecule has 0 aliphatic carbocycles. The van der Waals surface area contributed by atoms with E-state index in [0.717, 1.165) is 42.9 Å². The Morgan fingerprint density at radius 3 is 2.38 bits per heavy atom. The number of pyridine rings is 1. The van der Waals surface area contributed by atoms with Crippen LogP contribution in [0.3, 0.4) is 0 Å². The molecule has 0 spiro atoms. The molecule has 1 aromatic carbocycles. The standard InChI is InChI=1S/C24H29N5O2S/c1-3-31-21-10-8-20(9-11-21)29-22(19-12-14-25-15-13-19)26-27-24(29)32-18(2)23(30)28-16-6-4-5-7-17-28/h8-15,18H,3-7,16-17H2,1-2H3. The fourth-order valence-corrected chi connectivity index (χ4v) is 4.83. The summed E-state index contributed by atoms with van der Waals surface area (Å²) in [6.07, 6.45) is 8.05. The van der Waals surface area contributed by atoms with E-state index in [1.165, 1.54) is 24.6 Å². The number of hydrogen-bond acceptors (Lipinski definition) is 6. The first-order chi connectivity index (χ1) is 15.7. The van der Waals surface area contributed by atoms with Crippen molar-refractivity contribution in [2.24, 2.45) is 0 Å². The van der Waals surface area contributed by atoms with Crippen LogP contribution in [0.4, 0.5) is 0 Å². The number of hydrogen-bond donors (Lipinski definition) is 0. The SMILES string of the molecule is CCOc1ccc(-n2c(SC(C)C(=O)N3CCCCCC3)nnc2-c2ccncc2)cc1. The van der Waals surface area contributed by atoms with Crippen molar-refractivity contribution in [2.75, 3.05) is 19.7 Å². The zero-order chi connectivity index (χ0) is 22.3. The number of nitrogens with zero attached hydrogens (tertiary/aromatic N) is 5. The van der Waals surface area contributed by atoms with Crippen molar-refractivity contribution in [3.63, 3.8) is 0 Å². The maximum absolute atomic E-state index is 13.1. The van der Waals surface area contributed by atoms with Gasteiger partial charge in [-0.1, -0.05) is 24.6 Å². The van der Waals surface area contributed by atoms with Crippen molar-refractivity contribution in [1.82, 2.24) is 24.6 Å². The lowest BCUT2D eigenvalue weighted by Crippen LogP contribution is -2.37. The van der Waals surface area contributed by atoms with Gasteiger partial charge in [-0.05, 0) is 63.1 Å². The smallest absolute Gasteiger partial charge is 0.235 e. The van der Waals surface area contributed by atoms with E-state index in [0.29, 0.717) is 17.6 Å². The number of amides is 1. The molecule has 0 N–H and O–H groups in total.